The molecule has 0 fully saturated rings. The summed E-state index contributed by atoms with van der Waals surface area (Å²) in [4.78, 5) is 31.7. The molecular formula is C54H34F6N2O2. The third-order valence-electron chi connectivity index (χ3n) is 11.8. The van der Waals surface area contributed by atoms with E-state index >= 15 is 9.59 Å². The van der Waals surface area contributed by atoms with Crippen molar-refractivity contribution in [3.63, 3.8) is 0 Å². The number of benzene rings is 8. The van der Waals surface area contributed by atoms with Gasteiger partial charge in [-0.1, -0.05) is 133 Å². The monoisotopic (exact) mass is 856 g/mol. The molecular weight excluding hydrogens is 823 g/mol. The average molecular weight is 857 g/mol. The van der Waals surface area contributed by atoms with Crippen LogP contribution < -0.4 is 4.90 Å². The van der Waals surface area contributed by atoms with E-state index < -0.39 is 35.3 Å². The van der Waals surface area contributed by atoms with Crippen LogP contribution in [-0.2, 0) is 12.4 Å². The van der Waals surface area contributed by atoms with Crippen LogP contribution in [0, 0.1) is 13.8 Å². The lowest BCUT2D eigenvalue weighted by molar-refractivity contribution is -0.138. The Morgan fingerprint density at radius 2 is 0.828 bits per heavy atom. The summed E-state index contributed by atoms with van der Waals surface area (Å²) in [6.45, 7) is 3.14. The lowest BCUT2D eigenvalue weighted by Crippen LogP contribution is -2.30. The van der Waals surface area contributed by atoms with E-state index in [0.717, 1.165) is 35.4 Å². The summed E-state index contributed by atoms with van der Waals surface area (Å²) in [5, 5.41) is 1.14. The number of halogens is 6. The van der Waals surface area contributed by atoms with Gasteiger partial charge < -0.3 is 4.57 Å². The van der Waals surface area contributed by atoms with Crippen LogP contribution in [0.15, 0.2) is 170 Å². The van der Waals surface area contributed by atoms with Gasteiger partial charge in [0, 0.05) is 33.0 Å². The van der Waals surface area contributed by atoms with Crippen molar-refractivity contribution in [2.75, 3.05) is 4.90 Å². The lowest BCUT2D eigenvalue weighted by atomic mass is 9.95. The zero-order valence-corrected chi connectivity index (χ0v) is 34.1. The van der Waals surface area contributed by atoms with Crippen molar-refractivity contribution in [2.24, 2.45) is 0 Å². The predicted molar refractivity (Wildman–Crippen MR) is 240 cm³/mol. The Labute approximate surface area is 363 Å². The maximum absolute atomic E-state index is 15.5. The van der Waals surface area contributed by atoms with E-state index in [0.29, 0.717) is 60.9 Å². The topological polar surface area (TPSA) is 42.3 Å². The number of fused-ring (bicyclic) bond motifs is 4. The summed E-state index contributed by atoms with van der Waals surface area (Å²) in [7, 11) is 0. The number of imide groups is 1. The normalized spacial score (nSPS) is 13.0. The van der Waals surface area contributed by atoms with Gasteiger partial charge in [-0.05, 0) is 83.6 Å². The second-order valence-electron chi connectivity index (χ2n) is 16.0. The second-order valence-corrected chi connectivity index (χ2v) is 16.0. The van der Waals surface area contributed by atoms with Gasteiger partial charge in [0.2, 0.25) is 0 Å². The maximum atomic E-state index is 15.5. The molecule has 0 atom stereocenters. The molecule has 0 saturated heterocycles. The van der Waals surface area contributed by atoms with Crippen molar-refractivity contribution in [1.29, 1.82) is 0 Å². The molecule has 2 amide bonds. The summed E-state index contributed by atoms with van der Waals surface area (Å²) in [6.07, 6.45) is -9.33. The Morgan fingerprint density at radius 1 is 0.406 bits per heavy atom. The van der Waals surface area contributed by atoms with Crippen molar-refractivity contribution in [2.45, 2.75) is 26.2 Å². The molecule has 4 nitrogen and oxygen atoms in total. The van der Waals surface area contributed by atoms with Crippen LogP contribution in [0.1, 0.15) is 43.0 Å². The van der Waals surface area contributed by atoms with Gasteiger partial charge in [-0.15, -0.1) is 0 Å². The number of aryl methyl sites for hydroxylation is 2. The van der Waals surface area contributed by atoms with Crippen LogP contribution in [0.2, 0.25) is 0 Å². The van der Waals surface area contributed by atoms with E-state index in [-0.39, 0.29) is 27.9 Å². The summed E-state index contributed by atoms with van der Waals surface area (Å²) in [5.41, 5.74) is 4.48. The van der Waals surface area contributed by atoms with Gasteiger partial charge in [-0.2, -0.15) is 26.3 Å². The Bertz CT molecular complexity index is 3190. The summed E-state index contributed by atoms with van der Waals surface area (Å²) >= 11 is 0. The number of carbonyl (C=O) groups is 2. The van der Waals surface area contributed by atoms with Crippen LogP contribution in [0.5, 0.6) is 0 Å². The first-order valence-corrected chi connectivity index (χ1v) is 20.4. The van der Waals surface area contributed by atoms with Crippen LogP contribution >= 0.6 is 0 Å². The van der Waals surface area contributed by atoms with E-state index in [1.807, 2.05) is 78.9 Å². The number of aromatic nitrogens is 1. The molecule has 1 aliphatic heterocycles. The molecule has 9 aromatic rings. The van der Waals surface area contributed by atoms with Gasteiger partial charge in [0.15, 0.2) is 0 Å². The molecule has 8 aromatic carbocycles. The number of amides is 2. The van der Waals surface area contributed by atoms with E-state index in [2.05, 4.69) is 0 Å². The highest BCUT2D eigenvalue weighted by Crippen LogP contribution is 2.48. The fourth-order valence-corrected chi connectivity index (χ4v) is 9.17. The van der Waals surface area contributed by atoms with Gasteiger partial charge in [-0.3, -0.25) is 9.59 Å². The largest absolute Gasteiger partial charge is 0.416 e. The van der Waals surface area contributed by atoms with Gasteiger partial charge in [0.1, 0.15) is 0 Å². The third-order valence-corrected chi connectivity index (χ3v) is 11.8. The minimum Gasteiger partial charge on any atom is -0.307 e. The van der Waals surface area contributed by atoms with E-state index in [1.54, 1.807) is 85.1 Å². The van der Waals surface area contributed by atoms with Crippen LogP contribution in [0.3, 0.4) is 0 Å². The highest BCUT2D eigenvalue weighted by Gasteiger charge is 2.42. The van der Waals surface area contributed by atoms with Crippen LogP contribution in [-0.4, -0.2) is 16.4 Å². The van der Waals surface area contributed by atoms with E-state index in [4.69, 9.17) is 0 Å². The van der Waals surface area contributed by atoms with Crippen LogP contribution in [0.4, 0.5) is 32.0 Å². The number of alkyl halides is 6. The Balaban J connectivity index is 1.30. The fourth-order valence-electron chi connectivity index (χ4n) is 9.17. The van der Waals surface area contributed by atoms with Gasteiger partial charge >= 0.3 is 12.4 Å². The SMILES string of the molecule is Cc1cc(-c2cccc3c4cccc(-c5cc(C)cc(C(F)(F)F)c5)c4n(-c4cccc5c4C(=O)N(c4c(-c6ccccc6)cccc4-c4ccccc4)C5=O)c23)cc(C(F)(F)F)c1. The molecule has 314 valence electrons. The first kappa shape index (κ1) is 40.4. The number of anilines is 1. The number of carbonyl (C=O) groups excluding carboxylic acids is 2. The van der Waals surface area contributed by atoms with Crippen LogP contribution in [0.25, 0.3) is 72.0 Å². The standard InChI is InChI=1S/C54H34F6N2O2/c1-31-25-35(29-37(27-31)53(55,56)57)41-19-10-21-43-44-22-11-20-42(36-26-32(2)28-38(30-36)54(58,59)60)50(44)61(49(41)43)46-24-12-23-45-47(46)52(64)62(51(45)63)48-39(33-13-5-3-6-14-33)17-9-18-40(48)34-15-7-4-8-16-34/h3-30H,1-2H3. The molecule has 0 aliphatic carbocycles. The van der Waals surface area contributed by atoms with Crippen molar-refractivity contribution < 1.29 is 35.9 Å². The zero-order chi connectivity index (χ0) is 44.7. The third kappa shape index (κ3) is 6.64. The first-order chi connectivity index (χ1) is 30.7. The molecule has 2 heterocycles. The molecule has 0 radical (unpaired) electrons. The molecule has 0 saturated carbocycles. The fraction of sp³-hybridized carbons (Fsp3) is 0.0741. The molecule has 0 spiro atoms. The molecule has 1 aromatic heterocycles. The molecule has 0 bridgehead atoms. The molecule has 64 heavy (non-hydrogen) atoms. The molecule has 10 heteroatoms. The average Bonchev–Trinajstić information content (AvgIpc) is 3.76. The quantitative estimate of drug-likeness (QED) is 0.123. The van der Waals surface area contributed by atoms with Crippen molar-refractivity contribution in [3.05, 3.63) is 203 Å². The number of rotatable bonds is 6. The smallest absolute Gasteiger partial charge is 0.307 e. The van der Waals surface area contributed by atoms with Crippen molar-refractivity contribution >= 4 is 39.3 Å². The molecule has 0 unspecified atom stereocenters. The summed E-state index contributed by atoms with van der Waals surface area (Å²) in [6, 6.07) is 47.1. The molecule has 10 rings (SSSR count). The van der Waals surface area contributed by atoms with Gasteiger partial charge in [0.05, 0.1) is 44.7 Å². The van der Waals surface area contributed by atoms with Gasteiger partial charge in [0.25, 0.3) is 11.8 Å². The van der Waals surface area contributed by atoms with Gasteiger partial charge in [-0.25, -0.2) is 4.90 Å². The number of nitrogens with zero attached hydrogens (tertiary/aromatic N) is 2. The minimum absolute atomic E-state index is 0.0261. The van der Waals surface area contributed by atoms with E-state index in [9.17, 15) is 26.3 Å². The Hall–Kier alpha value is -7.72. The number of hydrogen-bond donors (Lipinski definition) is 0. The lowest BCUT2D eigenvalue weighted by Gasteiger charge is -2.23. The highest BCUT2D eigenvalue weighted by atomic mass is 19.4. The van der Waals surface area contributed by atoms with Crippen molar-refractivity contribution in [3.8, 4) is 50.2 Å². The predicted octanol–water partition coefficient (Wildman–Crippen LogP) is 14.9. The second kappa shape index (κ2) is 15.0. The zero-order valence-electron chi connectivity index (χ0n) is 34.1. The minimum atomic E-state index is -4.67. The molecule has 0 N–H and O–H groups in total. The highest BCUT2D eigenvalue weighted by molar-refractivity contribution is 6.37. The first-order valence-electron chi connectivity index (χ1n) is 20.4. The van der Waals surface area contributed by atoms with E-state index in [1.165, 1.54) is 4.90 Å². The Morgan fingerprint density at radius 3 is 1.30 bits per heavy atom. The molecule has 1 aliphatic rings. The van der Waals surface area contributed by atoms with Crippen molar-refractivity contribution in [1.82, 2.24) is 4.57 Å². The summed E-state index contributed by atoms with van der Waals surface area (Å²) in [5.74, 6) is -1.24. The maximum Gasteiger partial charge on any atom is 0.416 e. The number of hydrogen-bond acceptors (Lipinski definition) is 2. The summed E-state index contributed by atoms with van der Waals surface area (Å²) < 4.78 is 88.1. The number of para-hydroxylation sites is 3. The Kier molecular flexibility index (Phi) is 9.44.